The molecule has 0 unspecified atom stereocenters. The Balaban J connectivity index is 1.98. The highest BCUT2D eigenvalue weighted by atomic mass is 35.5. The molecular weight excluding hydrogens is 267 g/mol. The molecule has 4 N–H and O–H groups in total. The summed E-state index contributed by atoms with van der Waals surface area (Å²) in [5.74, 6) is 0.165. The number of nitrogens with one attached hydrogen (secondary N) is 2. The van der Waals surface area contributed by atoms with Crippen molar-refractivity contribution in [1.29, 1.82) is 0 Å². The number of aromatic amines is 1. The number of anilines is 3. The maximum absolute atomic E-state index is 13.1. The van der Waals surface area contributed by atoms with Gasteiger partial charge in [-0.25, -0.2) is 9.37 Å². The minimum absolute atomic E-state index is 0.315. The highest BCUT2D eigenvalue weighted by Gasteiger charge is 2.06. The van der Waals surface area contributed by atoms with Crippen molar-refractivity contribution < 1.29 is 4.39 Å². The van der Waals surface area contributed by atoms with Gasteiger partial charge >= 0.3 is 0 Å². The number of nitrogen functional groups attached to an aromatic ring is 1. The Hall–Kier alpha value is -2.27. The second kappa shape index (κ2) is 4.44. The standard InChI is InChI=1S/C13H10ClFN4/c14-9-3-2-8(16)6-11(9)18-13-17-10-4-1-7(15)5-12(10)19-13/h1-6H,16H2,(H2,17,18,19). The quantitative estimate of drug-likeness (QED) is 0.626. The monoisotopic (exact) mass is 276 g/mol. The first-order valence-corrected chi connectivity index (χ1v) is 5.97. The highest BCUT2D eigenvalue weighted by molar-refractivity contribution is 6.33. The van der Waals surface area contributed by atoms with Crippen LogP contribution in [0.4, 0.5) is 21.7 Å². The molecule has 3 aromatic rings. The third-order valence-corrected chi connectivity index (χ3v) is 3.02. The van der Waals surface area contributed by atoms with E-state index in [1.165, 1.54) is 12.1 Å². The normalized spacial score (nSPS) is 10.8. The predicted molar refractivity (Wildman–Crippen MR) is 75.2 cm³/mol. The summed E-state index contributed by atoms with van der Waals surface area (Å²) in [5, 5.41) is 3.55. The molecule has 0 saturated carbocycles. The summed E-state index contributed by atoms with van der Waals surface area (Å²) in [5.41, 5.74) is 8.21. The number of benzene rings is 2. The number of halogens is 2. The fourth-order valence-corrected chi connectivity index (χ4v) is 1.97. The van der Waals surface area contributed by atoms with E-state index in [1.54, 1.807) is 24.3 Å². The van der Waals surface area contributed by atoms with Gasteiger partial charge in [-0.2, -0.15) is 0 Å². The molecule has 3 rings (SSSR count). The van der Waals surface area contributed by atoms with Gasteiger partial charge in [-0.05, 0) is 36.4 Å². The number of nitrogens with zero attached hydrogens (tertiary/aromatic N) is 1. The number of H-pyrrole nitrogens is 1. The van der Waals surface area contributed by atoms with Crippen molar-refractivity contribution in [2.75, 3.05) is 11.1 Å². The largest absolute Gasteiger partial charge is 0.399 e. The van der Waals surface area contributed by atoms with Crippen LogP contribution < -0.4 is 11.1 Å². The van der Waals surface area contributed by atoms with E-state index in [-0.39, 0.29) is 5.82 Å². The van der Waals surface area contributed by atoms with E-state index < -0.39 is 0 Å². The van der Waals surface area contributed by atoms with Crippen molar-refractivity contribution in [1.82, 2.24) is 9.97 Å². The minimum Gasteiger partial charge on any atom is -0.399 e. The number of hydrogen-bond acceptors (Lipinski definition) is 3. The summed E-state index contributed by atoms with van der Waals surface area (Å²) in [6, 6.07) is 9.46. The number of imidazole rings is 1. The first kappa shape index (κ1) is 11.8. The summed E-state index contributed by atoms with van der Waals surface area (Å²) in [6.07, 6.45) is 0. The fraction of sp³-hybridized carbons (Fsp3) is 0. The first-order valence-electron chi connectivity index (χ1n) is 5.59. The van der Waals surface area contributed by atoms with Crippen LogP contribution in [0.5, 0.6) is 0 Å². The minimum atomic E-state index is -0.315. The van der Waals surface area contributed by atoms with Crippen LogP contribution in [0.2, 0.25) is 5.02 Å². The molecule has 1 aromatic heterocycles. The molecule has 0 fully saturated rings. The van der Waals surface area contributed by atoms with Gasteiger partial charge in [-0.15, -0.1) is 0 Å². The van der Waals surface area contributed by atoms with Crippen LogP contribution >= 0.6 is 11.6 Å². The molecule has 2 aromatic carbocycles. The van der Waals surface area contributed by atoms with Crippen LogP contribution in [0.15, 0.2) is 36.4 Å². The Morgan fingerprint density at radius 1 is 1.21 bits per heavy atom. The Labute approximate surface area is 113 Å². The Kier molecular flexibility index (Phi) is 2.76. The van der Waals surface area contributed by atoms with Crippen molar-refractivity contribution in [2.24, 2.45) is 0 Å². The first-order chi connectivity index (χ1) is 9.11. The Morgan fingerprint density at radius 3 is 2.89 bits per heavy atom. The number of aromatic nitrogens is 2. The molecule has 0 amide bonds. The maximum Gasteiger partial charge on any atom is 0.205 e. The molecule has 19 heavy (non-hydrogen) atoms. The third-order valence-electron chi connectivity index (χ3n) is 2.69. The van der Waals surface area contributed by atoms with Gasteiger partial charge in [0.15, 0.2) is 0 Å². The molecule has 0 spiro atoms. The molecule has 0 aliphatic rings. The second-order valence-corrected chi connectivity index (χ2v) is 4.52. The van der Waals surface area contributed by atoms with Crippen molar-refractivity contribution in [3.63, 3.8) is 0 Å². The van der Waals surface area contributed by atoms with Gasteiger partial charge in [-0.3, -0.25) is 0 Å². The number of fused-ring (bicyclic) bond motifs is 1. The zero-order chi connectivity index (χ0) is 13.4. The van der Waals surface area contributed by atoms with Crippen LogP contribution in [0.1, 0.15) is 0 Å². The zero-order valence-corrected chi connectivity index (χ0v) is 10.5. The Morgan fingerprint density at radius 2 is 2.05 bits per heavy atom. The van der Waals surface area contributed by atoms with Crippen LogP contribution in [0, 0.1) is 5.82 Å². The van der Waals surface area contributed by atoms with Crippen LogP contribution in [0.25, 0.3) is 11.0 Å². The molecule has 0 saturated heterocycles. The molecule has 96 valence electrons. The smallest absolute Gasteiger partial charge is 0.205 e. The number of rotatable bonds is 2. The van der Waals surface area contributed by atoms with Crippen LogP contribution in [-0.4, -0.2) is 9.97 Å². The van der Waals surface area contributed by atoms with E-state index >= 15 is 0 Å². The summed E-state index contributed by atoms with van der Waals surface area (Å²) in [7, 11) is 0. The van der Waals surface area contributed by atoms with Crippen molar-refractivity contribution in [3.8, 4) is 0 Å². The lowest BCUT2D eigenvalue weighted by atomic mass is 10.3. The fourth-order valence-electron chi connectivity index (χ4n) is 1.81. The molecule has 4 nitrogen and oxygen atoms in total. The summed E-state index contributed by atoms with van der Waals surface area (Å²) in [6.45, 7) is 0. The maximum atomic E-state index is 13.1. The number of hydrogen-bond donors (Lipinski definition) is 3. The van der Waals surface area contributed by atoms with Gasteiger partial charge in [0, 0.05) is 5.69 Å². The second-order valence-electron chi connectivity index (χ2n) is 4.11. The van der Waals surface area contributed by atoms with E-state index in [0.29, 0.717) is 33.4 Å². The zero-order valence-electron chi connectivity index (χ0n) is 9.74. The van der Waals surface area contributed by atoms with Gasteiger partial charge in [0.2, 0.25) is 5.95 Å². The Bertz CT molecular complexity index is 753. The molecule has 0 radical (unpaired) electrons. The van der Waals surface area contributed by atoms with Crippen molar-refractivity contribution in [3.05, 3.63) is 47.2 Å². The van der Waals surface area contributed by atoms with Crippen LogP contribution in [0.3, 0.4) is 0 Å². The lowest BCUT2D eigenvalue weighted by Crippen LogP contribution is -1.94. The van der Waals surface area contributed by atoms with E-state index in [4.69, 9.17) is 17.3 Å². The summed E-state index contributed by atoms with van der Waals surface area (Å²) >= 11 is 6.05. The van der Waals surface area contributed by atoms with Gasteiger partial charge in [0.1, 0.15) is 5.82 Å². The summed E-state index contributed by atoms with van der Waals surface area (Å²) in [4.78, 5) is 7.26. The lowest BCUT2D eigenvalue weighted by molar-refractivity contribution is 0.629. The van der Waals surface area contributed by atoms with E-state index in [1.807, 2.05) is 0 Å². The average Bonchev–Trinajstić information content (AvgIpc) is 2.75. The van der Waals surface area contributed by atoms with E-state index in [2.05, 4.69) is 15.3 Å². The predicted octanol–water partition coefficient (Wildman–Crippen LogP) is 3.68. The van der Waals surface area contributed by atoms with Crippen molar-refractivity contribution >= 4 is 40.0 Å². The average molecular weight is 277 g/mol. The lowest BCUT2D eigenvalue weighted by Gasteiger charge is -2.05. The molecule has 0 atom stereocenters. The van der Waals surface area contributed by atoms with E-state index in [0.717, 1.165) is 0 Å². The molecule has 0 bridgehead atoms. The van der Waals surface area contributed by atoms with Gasteiger partial charge in [0.05, 0.1) is 21.7 Å². The van der Waals surface area contributed by atoms with E-state index in [9.17, 15) is 4.39 Å². The highest BCUT2D eigenvalue weighted by Crippen LogP contribution is 2.27. The topological polar surface area (TPSA) is 66.7 Å². The van der Waals surface area contributed by atoms with Crippen molar-refractivity contribution in [2.45, 2.75) is 0 Å². The summed E-state index contributed by atoms with van der Waals surface area (Å²) < 4.78 is 13.1. The molecule has 6 heteroatoms. The van der Waals surface area contributed by atoms with Gasteiger partial charge in [-0.1, -0.05) is 11.6 Å². The number of nitrogens with two attached hydrogens (primary N) is 1. The third kappa shape index (κ3) is 2.32. The molecule has 0 aliphatic heterocycles. The molecule has 1 heterocycles. The van der Waals surface area contributed by atoms with Gasteiger partial charge in [0.25, 0.3) is 0 Å². The molecular formula is C13H10ClFN4. The SMILES string of the molecule is Nc1ccc(Cl)c(Nc2nc3ccc(F)cc3[nH]2)c1. The van der Waals surface area contributed by atoms with Gasteiger partial charge < -0.3 is 16.0 Å². The molecule has 0 aliphatic carbocycles. The van der Waals surface area contributed by atoms with Crippen LogP contribution in [-0.2, 0) is 0 Å².